The van der Waals surface area contributed by atoms with E-state index in [0.29, 0.717) is 123 Å². The van der Waals surface area contributed by atoms with Crippen LogP contribution in [0, 0.1) is 35.5 Å². The third kappa shape index (κ3) is 18.5. The van der Waals surface area contributed by atoms with Gasteiger partial charge in [-0.25, -0.2) is 19.6 Å². The summed E-state index contributed by atoms with van der Waals surface area (Å²) in [6.07, 6.45) is 11.1. The first-order valence-electron chi connectivity index (χ1n) is 32.5. The molecule has 22 heteroatoms. The molecule has 4 fully saturated rings. The van der Waals surface area contributed by atoms with E-state index in [1.165, 1.54) is 11.0 Å². The standard InChI is InChI=1S/C67H100N6O16/c1-11-86-32-25-58(75)70-28-30-71(31-29-70)65-68-39-49-40-72(27-24-51(49)69-65)66(82)88-54-23-21-48(36-57(54)85-10)35-44(5)56-38-53(74)43(4)34-46(7)60(77)61(78)59(76)45(6)33-41(2)17-13-12-14-18-42(3)55(84-9)37-50-22-20-47(8)67(83,89-50)62(79)63(80)73-26-16-15-19-52(73)64(81)87-56/h12-14,17-18,34,39,41,43-45,47-48,50,52,54-57,60-61,77-78,83H,11,15-16,19-33,35-38,40H2,1-10H3/b14-12+,17-13+,42-18+,46-34+/t41-,43-,44-,45-,47-,48+,50+,52+,54-,55+,56+,57-,60-,61+,67-/m1/s1. The number of Topliss-reactive ketones (excluding diaryl/α,β-unsaturated/α-hetero) is 3. The van der Waals surface area contributed by atoms with E-state index < -0.39 is 108 Å². The van der Waals surface area contributed by atoms with Crippen molar-refractivity contribution in [3.63, 3.8) is 0 Å². The second-order valence-electron chi connectivity index (χ2n) is 25.9. The number of ether oxygens (including phenoxy) is 6. The molecule has 0 unspecified atom stereocenters. The van der Waals surface area contributed by atoms with Crippen molar-refractivity contribution in [3.05, 3.63) is 65.1 Å². The number of piperazine rings is 1. The molecule has 1 aromatic heterocycles. The maximum Gasteiger partial charge on any atom is 0.410 e. The van der Waals surface area contributed by atoms with E-state index in [4.69, 9.17) is 33.4 Å². The minimum absolute atomic E-state index is 0.0242. The van der Waals surface area contributed by atoms with Crippen LogP contribution in [0.15, 0.2) is 53.8 Å². The van der Waals surface area contributed by atoms with Crippen LogP contribution in [0.3, 0.4) is 0 Å². The second-order valence-corrected chi connectivity index (χ2v) is 25.9. The predicted molar refractivity (Wildman–Crippen MR) is 331 cm³/mol. The van der Waals surface area contributed by atoms with Gasteiger partial charge < -0.3 is 63.3 Å². The molecule has 3 N–H and O–H groups in total. The molecule has 3 saturated heterocycles. The number of carbonyl (C=O) groups is 7. The summed E-state index contributed by atoms with van der Waals surface area (Å²) >= 11 is 0. The zero-order chi connectivity index (χ0) is 64.7. The van der Waals surface area contributed by atoms with Crippen LogP contribution in [0.5, 0.6) is 0 Å². The fourth-order valence-electron chi connectivity index (χ4n) is 13.4. The molecule has 1 aliphatic carbocycles. The zero-order valence-corrected chi connectivity index (χ0v) is 54.2. The van der Waals surface area contributed by atoms with Gasteiger partial charge in [-0.15, -0.1) is 0 Å². The molecular formula is C67H100N6O16. The van der Waals surface area contributed by atoms with Crippen molar-refractivity contribution in [1.82, 2.24) is 24.7 Å². The lowest BCUT2D eigenvalue weighted by Gasteiger charge is -2.42. The smallest absolute Gasteiger partial charge is 0.410 e. The highest BCUT2D eigenvalue weighted by Crippen LogP contribution is 2.39. The maximum absolute atomic E-state index is 14.7. The Morgan fingerprint density at radius 2 is 1.58 bits per heavy atom. The van der Waals surface area contributed by atoms with Crippen molar-refractivity contribution in [1.29, 1.82) is 0 Å². The average molecular weight is 1250 g/mol. The number of rotatable bonds is 11. The van der Waals surface area contributed by atoms with Crippen LogP contribution in [0.25, 0.3) is 0 Å². The Bertz CT molecular complexity index is 2740. The quantitative estimate of drug-likeness (QED) is 0.0911. The minimum atomic E-state index is -2.48. The molecule has 89 heavy (non-hydrogen) atoms. The summed E-state index contributed by atoms with van der Waals surface area (Å²) in [5.74, 6) is -8.49. The van der Waals surface area contributed by atoms with Crippen LogP contribution >= 0.6 is 0 Å². The molecule has 2 bridgehead atoms. The van der Waals surface area contributed by atoms with E-state index in [0.717, 1.165) is 16.8 Å². The van der Waals surface area contributed by atoms with Gasteiger partial charge in [0.15, 0.2) is 5.78 Å². The molecule has 15 atom stereocenters. The number of carbonyl (C=O) groups excluding carboxylic acids is 7. The minimum Gasteiger partial charge on any atom is -0.460 e. The number of aliphatic hydroxyl groups excluding tert-OH is 2. The SMILES string of the molecule is CCOCCC(=O)N1CCN(c2ncc3c(n2)CCN(C(=O)O[C@@H]2CC[C@@H](C[C@@H](C)[C@@H]4CC(=O)[C@H](C)/C=C(\C)[C@@H](O)[C@@H](O)C(=O)[C@H](C)C[C@H](C)/C=C/C=C/C=C(\C)[C@@H](OC)C[C@@H]5CC[C@@H](C)[C@@](O)(O5)C(=O)C(=O)N5CCCC[C@H]5C(=O)O4)C[C@H]2OC)C3)CC1. The number of nitrogens with zero attached hydrogens (tertiary/aromatic N) is 6. The number of cyclic esters (lactones) is 1. The fourth-order valence-corrected chi connectivity index (χ4v) is 13.4. The van der Waals surface area contributed by atoms with Crippen LogP contribution < -0.4 is 4.90 Å². The summed E-state index contributed by atoms with van der Waals surface area (Å²) in [5.41, 5.74) is 2.76. The maximum atomic E-state index is 14.7. The van der Waals surface area contributed by atoms with Gasteiger partial charge in [-0.2, -0.15) is 0 Å². The highest BCUT2D eigenvalue weighted by molar-refractivity contribution is 6.39. The van der Waals surface area contributed by atoms with Crippen molar-refractivity contribution < 1.29 is 77.3 Å². The van der Waals surface area contributed by atoms with Crippen molar-refractivity contribution in [2.45, 2.75) is 206 Å². The van der Waals surface area contributed by atoms with Crippen LogP contribution in [0.4, 0.5) is 10.7 Å². The number of amides is 3. The molecule has 0 radical (unpaired) electrons. The summed E-state index contributed by atoms with van der Waals surface area (Å²) < 4.78 is 36.0. The number of methoxy groups -OCH3 is 2. The Labute approximate surface area is 525 Å². The number of esters is 1. The molecule has 1 saturated carbocycles. The molecule has 0 spiro atoms. The van der Waals surface area contributed by atoms with Crippen LogP contribution in [0.1, 0.15) is 150 Å². The topological polar surface area (TPSA) is 274 Å². The third-order valence-electron chi connectivity index (χ3n) is 19.2. The van der Waals surface area contributed by atoms with Gasteiger partial charge in [0, 0.05) is 109 Å². The summed E-state index contributed by atoms with van der Waals surface area (Å²) in [5, 5.41) is 34.6. The van der Waals surface area contributed by atoms with E-state index in [1.54, 1.807) is 53.0 Å². The summed E-state index contributed by atoms with van der Waals surface area (Å²) in [7, 11) is 3.14. The number of fused-ring (bicyclic) bond motifs is 4. The highest BCUT2D eigenvalue weighted by atomic mass is 16.6. The first-order chi connectivity index (χ1) is 42.5. The Morgan fingerprint density at radius 3 is 2.30 bits per heavy atom. The number of aromatic nitrogens is 2. The lowest BCUT2D eigenvalue weighted by atomic mass is 9.78. The van der Waals surface area contributed by atoms with E-state index in [9.17, 15) is 48.9 Å². The van der Waals surface area contributed by atoms with Gasteiger partial charge >= 0.3 is 12.1 Å². The van der Waals surface area contributed by atoms with Gasteiger partial charge in [-0.3, -0.25) is 24.0 Å². The molecular weight excluding hydrogens is 1140 g/mol. The van der Waals surface area contributed by atoms with Crippen molar-refractivity contribution in [2.24, 2.45) is 35.5 Å². The Morgan fingerprint density at radius 1 is 0.831 bits per heavy atom. The summed E-state index contributed by atoms with van der Waals surface area (Å²) in [4.78, 5) is 114. The van der Waals surface area contributed by atoms with E-state index in [2.05, 4.69) is 9.88 Å². The fraction of sp³-hybridized carbons (Fsp3) is 0.716. The average Bonchev–Trinajstić information content (AvgIpc) is 1.87. The van der Waals surface area contributed by atoms with Crippen LogP contribution in [-0.4, -0.2) is 202 Å². The monoisotopic (exact) mass is 1240 g/mol. The van der Waals surface area contributed by atoms with Crippen molar-refractivity contribution >= 4 is 47.2 Å². The highest BCUT2D eigenvalue weighted by Gasteiger charge is 2.53. The molecule has 6 heterocycles. The lowest BCUT2D eigenvalue weighted by molar-refractivity contribution is -0.265. The van der Waals surface area contributed by atoms with Gasteiger partial charge in [0.1, 0.15) is 36.2 Å². The normalized spacial score (nSPS) is 34.4. The first-order valence-corrected chi connectivity index (χ1v) is 32.5. The third-order valence-corrected chi connectivity index (χ3v) is 19.2. The number of piperidine rings is 1. The van der Waals surface area contributed by atoms with Crippen molar-refractivity contribution in [2.75, 3.05) is 71.6 Å². The van der Waals surface area contributed by atoms with Crippen LogP contribution in [0.2, 0.25) is 0 Å². The van der Waals surface area contributed by atoms with Crippen LogP contribution in [-0.2, 0) is 70.2 Å². The molecule has 0 aromatic carbocycles. The zero-order valence-electron chi connectivity index (χ0n) is 54.2. The van der Waals surface area contributed by atoms with E-state index >= 15 is 0 Å². The number of hydrogen-bond acceptors (Lipinski definition) is 19. The van der Waals surface area contributed by atoms with Gasteiger partial charge in [-0.1, -0.05) is 71.1 Å². The first kappa shape index (κ1) is 70.7. The lowest BCUT2D eigenvalue weighted by Crippen LogP contribution is -2.61. The second kappa shape index (κ2) is 33.0. The number of ketones is 3. The molecule has 5 aliphatic heterocycles. The molecule has 494 valence electrons. The van der Waals surface area contributed by atoms with Gasteiger partial charge in [-0.05, 0) is 114 Å². The van der Waals surface area contributed by atoms with Gasteiger partial charge in [0.2, 0.25) is 17.6 Å². The predicted octanol–water partition coefficient (Wildman–Crippen LogP) is 6.59. The summed E-state index contributed by atoms with van der Waals surface area (Å²) in [6, 6.07) is -1.21. The Kier molecular flexibility index (Phi) is 26.2. The molecule has 6 aliphatic rings. The van der Waals surface area contributed by atoms with E-state index in [1.807, 2.05) is 63.0 Å². The number of hydrogen-bond donors (Lipinski definition) is 3. The van der Waals surface area contributed by atoms with Gasteiger partial charge in [0.25, 0.3) is 11.7 Å². The van der Waals surface area contributed by atoms with E-state index in [-0.39, 0.29) is 61.5 Å². The van der Waals surface area contributed by atoms with Gasteiger partial charge in [0.05, 0.1) is 43.6 Å². The number of allylic oxidation sites excluding steroid dienone is 6. The molecule has 22 nitrogen and oxygen atoms in total. The number of aliphatic hydroxyl groups is 3. The summed E-state index contributed by atoms with van der Waals surface area (Å²) in [6.45, 7) is 18.2. The van der Waals surface area contributed by atoms with Crippen molar-refractivity contribution in [3.8, 4) is 0 Å². The Hall–Kier alpha value is -5.75. The molecule has 1 aromatic rings. The Balaban J connectivity index is 1.04. The molecule has 3 amide bonds. The number of anilines is 1. The largest absolute Gasteiger partial charge is 0.460 e. The molecule has 7 rings (SSSR count).